The summed E-state index contributed by atoms with van der Waals surface area (Å²) in [4.78, 5) is 13.6. The van der Waals surface area contributed by atoms with Crippen molar-refractivity contribution in [2.45, 2.75) is 18.3 Å². The van der Waals surface area contributed by atoms with Crippen LogP contribution in [0, 0.1) is 5.82 Å². The monoisotopic (exact) mass is 411 g/mol. The summed E-state index contributed by atoms with van der Waals surface area (Å²) in [5.74, 6) is 1.75. The lowest BCUT2D eigenvalue weighted by Crippen LogP contribution is -2.55. The van der Waals surface area contributed by atoms with Crippen LogP contribution in [0.15, 0.2) is 53.7 Å². The third kappa shape index (κ3) is 4.56. The molecule has 0 amide bonds. The summed E-state index contributed by atoms with van der Waals surface area (Å²) in [5, 5.41) is 3.61. The van der Waals surface area contributed by atoms with E-state index in [1.54, 1.807) is 12.1 Å². The van der Waals surface area contributed by atoms with Crippen molar-refractivity contribution in [2.75, 3.05) is 57.9 Å². The number of ether oxygens (including phenoxy) is 1. The van der Waals surface area contributed by atoms with Crippen LogP contribution in [0.5, 0.6) is 0 Å². The first-order valence-electron chi connectivity index (χ1n) is 10.7. The number of aromatic nitrogens is 1. The first kappa shape index (κ1) is 20.6. The van der Waals surface area contributed by atoms with Crippen molar-refractivity contribution >= 4 is 11.8 Å². The summed E-state index contributed by atoms with van der Waals surface area (Å²) in [6, 6.07) is 13.0. The van der Waals surface area contributed by atoms with Crippen molar-refractivity contribution in [3.63, 3.8) is 0 Å². The van der Waals surface area contributed by atoms with Gasteiger partial charge in [0.1, 0.15) is 11.6 Å². The molecule has 160 valence electrons. The average molecular weight is 412 g/mol. The zero-order chi connectivity index (χ0) is 20.8. The van der Waals surface area contributed by atoms with E-state index in [9.17, 15) is 4.39 Å². The maximum atomic E-state index is 13.5. The fourth-order valence-electron chi connectivity index (χ4n) is 4.40. The molecule has 3 heterocycles. The number of guanidine groups is 1. The average Bonchev–Trinajstić information content (AvgIpc) is 2.81. The number of halogens is 1. The highest BCUT2D eigenvalue weighted by Crippen LogP contribution is 2.34. The second-order valence-electron chi connectivity index (χ2n) is 7.96. The van der Waals surface area contributed by atoms with Crippen LogP contribution in [0.25, 0.3) is 0 Å². The predicted octanol–water partition coefficient (Wildman–Crippen LogP) is 2.67. The number of nitrogens with zero attached hydrogens (tertiary/aromatic N) is 4. The van der Waals surface area contributed by atoms with Crippen molar-refractivity contribution in [1.29, 1.82) is 0 Å². The fourth-order valence-corrected chi connectivity index (χ4v) is 4.40. The van der Waals surface area contributed by atoms with Crippen LogP contribution in [-0.2, 0) is 10.2 Å². The van der Waals surface area contributed by atoms with Gasteiger partial charge in [-0.05, 0) is 42.7 Å². The Bertz CT molecular complexity index is 828. The predicted molar refractivity (Wildman–Crippen MR) is 118 cm³/mol. The van der Waals surface area contributed by atoms with E-state index in [4.69, 9.17) is 4.74 Å². The Kier molecular flexibility index (Phi) is 6.47. The van der Waals surface area contributed by atoms with Crippen LogP contribution in [0.4, 0.5) is 10.2 Å². The van der Waals surface area contributed by atoms with Crippen LogP contribution >= 0.6 is 0 Å². The lowest BCUT2D eigenvalue weighted by Gasteiger charge is -2.41. The highest BCUT2D eigenvalue weighted by Gasteiger charge is 2.35. The van der Waals surface area contributed by atoms with Gasteiger partial charge in [0.25, 0.3) is 0 Å². The molecule has 1 N–H and O–H groups in total. The second-order valence-corrected chi connectivity index (χ2v) is 7.96. The Morgan fingerprint density at radius 3 is 2.47 bits per heavy atom. The van der Waals surface area contributed by atoms with Gasteiger partial charge in [-0.2, -0.15) is 0 Å². The Labute approximate surface area is 177 Å². The van der Waals surface area contributed by atoms with Crippen molar-refractivity contribution in [3.05, 3.63) is 60.0 Å². The molecule has 30 heavy (non-hydrogen) atoms. The van der Waals surface area contributed by atoms with Gasteiger partial charge < -0.3 is 19.9 Å². The molecule has 2 aliphatic heterocycles. The number of anilines is 1. The van der Waals surface area contributed by atoms with Crippen molar-refractivity contribution in [1.82, 2.24) is 15.2 Å². The van der Waals surface area contributed by atoms with Gasteiger partial charge in [-0.15, -0.1) is 0 Å². The summed E-state index contributed by atoms with van der Waals surface area (Å²) >= 11 is 0. The zero-order valence-electron chi connectivity index (χ0n) is 17.6. The lowest BCUT2D eigenvalue weighted by molar-refractivity contribution is 0.0511. The molecule has 2 aromatic rings. The summed E-state index contributed by atoms with van der Waals surface area (Å²) in [7, 11) is 1.84. The molecule has 1 aromatic heterocycles. The molecule has 0 spiro atoms. The molecule has 6 nitrogen and oxygen atoms in total. The zero-order valence-corrected chi connectivity index (χ0v) is 17.6. The van der Waals surface area contributed by atoms with Crippen LogP contribution in [0.2, 0.25) is 0 Å². The van der Waals surface area contributed by atoms with Crippen LogP contribution in [0.1, 0.15) is 18.4 Å². The van der Waals surface area contributed by atoms with Crippen LogP contribution < -0.4 is 10.2 Å². The highest BCUT2D eigenvalue weighted by atomic mass is 19.1. The van der Waals surface area contributed by atoms with E-state index in [0.29, 0.717) is 0 Å². The van der Waals surface area contributed by atoms with Gasteiger partial charge in [-0.3, -0.25) is 4.99 Å². The number of benzene rings is 1. The molecule has 2 aliphatic rings. The minimum absolute atomic E-state index is 0.0718. The molecule has 4 rings (SSSR count). The van der Waals surface area contributed by atoms with E-state index in [2.05, 4.69) is 31.2 Å². The van der Waals surface area contributed by atoms with Gasteiger partial charge in [-0.25, -0.2) is 9.37 Å². The van der Waals surface area contributed by atoms with Crippen molar-refractivity contribution in [3.8, 4) is 0 Å². The number of piperazine rings is 1. The van der Waals surface area contributed by atoms with Crippen molar-refractivity contribution < 1.29 is 9.13 Å². The molecular weight excluding hydrogens is 381 g/mol. The Morgan fingerprint density at radius 2 is 1.83 bits per heavy atom. The number of rotatable bonds is 4. The van der Waals surface area contributed by atoms with E-state index in [1.807, 2.05) is 37.5 Å². The first-order chi connectivity index (χ1) is 14.7. The standard InChI is InChI=1S/C23H30FN5O/c1-25-22(29-14-12-28(13-15-29)21-4-2-3-11-26-21)27-18-23(9-16-30-17-10-23)19-5-7-20(24)8-6-19/h2-8,11H,9-10,12-18H2,1H3,(H,25,27). The van der Waals surface area contributed by atoms with Gasteiger partial charge in [-0.1, -0.05) is 18.2 Å². The number of hydrogen-bond acceptors (Lipinski definition) is 4. The molecule has 0 unspecified atom stereocenters. The number of hydrogen-bond donors (Lipinski definition) is 1. The quantitative estimate of drug-likeness (QED) is 0.619. The van der Waals surface area contributed by atoms with Crippen LogP contribution in [0.3, 0.4) is 0 Å². The van der Waals surface area contributed by atoms with Gasteiger partial charge in [0, 0.05) is 64.6 Å². The maximum absolute atomic E-state index is 13.5. The third-order valence-electron chi connectivity index (χ3n) is 6.26. The molecule has 7 heteroatoms. The molecule has 0 bridgehead atoms. The van der Waals surface area contributed by atoms with E-state index in [0.717, 1.165) is 76.1 Å². The normalized spacial score (nSPS) is 19.6. The smallest absolute Gasteiger partial charge is 0.193 e. The largest absolute Gasteiger partial charge is 0.381 e. The Hall–Kier alpha value is -2.67. The van der Waals surface area contributed by atoms with E-state index in [-0.39, 0.29) is 11.2 Å². The Balaban J connectivity index is 1.40. The minimum atomic E-state index is -0.199. The molecule has 0 atom stereocenters. The summed E-state index contributed by atoms with van der Waals surface area (Å²) in [5.41, 5.74) is 1.09. The second kappa shape index (κ2) is 9.43. The van der Waals surface area contributed by atoms with E-state index >= 15 is 0 Å². The van der Waals surface area contributed by atoms with Gasteiger partial charge >= 0.3 is 0 Å². The SMILES string of the molecule is CN=C(NCC1(c2ccc(F)cc2)CCOCC1)N1CCN(c2ccccn2)CC1. The molecular formula is C23H30FN5O. The van der Waals surface area contributed by atoms with Gasteiger partial charge in [0.15, 0.2) is 5.96 Å². The maximum Gasteiger partial charge on any atom is 0.193 e. The number of pyridine rings is 1. The van der Waals surface area contributed by atoms with Crippen LogP contribution in [-0.4, -0.2) is 68.8 Å². The Morgan fingerprint density at radius 1 is 1.10 bits per heavy atom. The fraction of sp³-hybridized carbons (Fsp3) is 0.478. The minimum Gasteiger partial charge on any atom is -0.381 e. The van der Waals surface area contributed by atoms with Gasteiger partial charge in [0.05, 0.1) is 0 Å². The molecule has 0 saturated carbocycles. The summed E-state index contributed by atoms with van der Waals surface area (Å²) in [6.07, 6.45) is 3.66. The van der Waals surface area contributed by atoms with Crippen molar-refractivity contribution in [2.24, 2.45) is 4.99 Å². The first-order valence-corrected chi connectivity index (χ1v) is 10.7. The number of nitrogens with one attached hydrogen (secondary N) is 1. The number of aliphatic imine (C=N–C) groups is 1. The molecule has 1 aromatic carbocycles. The van der Waals surface area contributed by atoms with E-state index < -0.39 is 0 Å². The lowest BCUT2D eigenvalue weighted by atomic mass is 9.74. The molecule has 2 saturated heterocycles. The summed E-state index contributed by atoms with van der Waals surface area (Å²) in [6.45, 7) is 5.81. The van der Waals surface area contributed by atoms with Gasteiger partial charge in [0.2, 0.25) is 0 Å². The molecule has 0 aliphatic carbocycles. The van der Waals surface area contributed by atoms with E-state index in [1.165, 1.54) is 0 Å². The molecule has 2 fully saturated rings. The summed E-state index contributed by atoms with van der Waals surface area (Å²) < 4.78 is 19.1. The topological polar surface area (TPSA) is 53.0 Å². The third-order valence-corrected chi connectivity index (χ3v) is 6.26. The molecule has 0 radical (unpaired) electrons. The highest BCUT2D eigenvalue weighted by molar-refractivity contribution is 5.80.